The highest BCUT2D eigenvalue weighted by Crippen LogP contribution is 1.97. The molecule has 0 aromatic heterocycles. The molecule has 0 aliphatic carbocycles. The van der Waals surface area contributed by atoms with E-state index in [1.165, 1.54) is 0 Å². The number of carbonyl (C=O) groups excluding carboxylic acids is 1. The van der Waals surface area contributed by atoms with Crippen LogP contribution in [0.5, 0.6) is 0 Å². The van der Waals surface area contributed by atoms with Crippen molar-refractivity contribution in [2.45, 2.75) is 12.8 Å². The lowest BCUT2D eigenvalue weighted by molar-refractivity contribution is -0.121. The quantitative estimate of drug-likeness (QED) is 0.536. The van der Waals surface area contributed by atoms with Crippen LogP contribution in [0.3, 0.4) is 0 Å². The first kappa shape index (κ1) is 7.50. The Morgan fingerprint density at radius 1 is 1.70 bits per heavy atom. The van der Waals surface area contributed by atoms with Crippen LogP contribution < -0.4 is 11.2 Å². The van der Waals surface area contributed by atoms with Crippen molar-refractivity contribution in [3.8, 4) is 0 Å². The van der Waals surface area contributed by atoms with E-state index in [4.69, 9.17) is 5.73 Å². The molecule has 58 valence electrons. The third-order valence-corrected chi connectivity index (χ3v) is 1.52. The molecule has 4 nitrogen and oxygen atoms in total. The van der Waals surface area contributed by atoms with Gasteiger partial charge in [-0.2, -0.15) is 0 Å². The number of nitrogens with one attached hydrogen (secondary N) is 1. The summed E-state index contributed by atoms with van der Waals surface area (Å²) in [5.41, 5.74) is 8.03. The minimum atomic E-state index is 0.122. The number of carbonyl (C=O) groups is 1. The molecule has 1 aliphatic rings. The third kappa shape index (κ3) is 1.97. The topological polar surface area (TPSA) is 58.4 Å². The van der Waals surface area contributed by atoms with Crippen LogP contribution in [-0.2, 0) is 4.79 Å². The Labute approximate surface area is 60.3 Å². The summed E-state index contributed by atoms with van der Waals surface area (Å²) >= 11 is 0. The zero-order chi connectivity index (χ0) is 7.40. The van der Waals surface area contributed by atoms with Crippen molar-refractivity contribution in [3.05, 3.63) is 0 Å². The fraction of sp³-hybridized carbons (Fsp3) is 0.833. The van der Waals surface area contributed by atoms with Crippen molar-refractivity contribution in [1.29, 1.82) is 0 Å². The Hall–Kier alpha value is -0.610. The van der Waals surface area contributed by atoms with Crippen LogP contribution in [0.4, 0.5) is 0 Å². The molecule has 0 bridgehead atoms. The van der Waals surface area contributed by atoms with Crippen molar-refractivity contribution >= 4 is 5.91 Å². The Bertz CT molecular complexity index is 126. The Balaban J connectivity index is 2.12. The van der Waals surface area contributed by atoms with Gasteiger partial charge in [-0.3, -0.25) is 10.2 Å². The maximum absolute atomic E-state index is 10.6. The van der Waals surface area contributed by atoms with Crippen LogP contribution >= 0.6 is 0 Å². The molecule has 1 aliphatic heterocycles. The van der Waals surface area contributed by atoms with Crippen LogP contribution in [-0.4, -0.2) is 30.6 Å². The van der Waals surface area contributed by atoms with Gasteiger partial charge in [-0.25, -0.2) is 5.01 Å². The van der Waals surface area contributed by atoms with Crippen LogP contribution in [0.15, 0.2) is 0 Å². The molecule has 1 fully saturated rings. The molecule has 0 radical (unpaired) electrons. The minimum Gasteiger partial charge on any atom is -0.330 e. The molecule has 4 heteroatoms. The van der Waals surface area contributed by atoms with Gasteiger partial charge in [0.2, 0.25) is 5.91 Å². The smallest absolute Gasteiger partial charge is 0.235 e. The second-order valence-corrected chi connectivity index (χ2v) is 2.41. The Morgan fingerprint density at radius 3 is 3.00 bits per heavy atom. The molecule has 3 N–H and O–H groups in total. The fourth-order valence-corrected chi connectivity index (χ4v) is 0.975. The first-order chi connectivity index (χ1) is 4.83. The highest BCUT2D eigenvalue weighted by Gasteiger charge is 2.16. The monoisotopic (exact) mass is 143 g/mol. The van der Waals surface area contributed by atoms with Gasteiger partial charge >= 0.3 is 0 Å². The minimum absolute atomic E-state index is 0.122. The van der Waals surface area contributed by atoms with Gasteiger partial charge < -0.3 is 5.73 Å². The van der Waals surface area contributed by atoms with Gasteiger partial charge in [0, 0.05) is 19.5 Å². The van der Waals surface area contributed by atoms with Crippen LogP contribution in [0, 0.1) is 0 Å². The van der Waals surface area contributed by atoms with Gasteiger partial charge in [-0.1, -0.05) is 0 Å². The normalized spacial score (nSPS) is 19.5. The summed E-state index contributed by atoms with van der Waals surface area (Å²) in [5.74, 6) is 0.122. The van der Waals surface area contributed by atoms with Crippen molar-refractivity contribution in [3.63, 3.8) is 0 Å². The molecule has 1 rings (SSSR count). The highest BCUT2D eigenvalue weighted by atomic mass is 16.2. The molecule has 0 aromatic carbocycles. The number of hydrogen-bond donors (Lipinski definition) is 2. The average molecular weight is 143 g/mol. The number of nitrogens with zero attached hydrogens (tertiary/aromatic N) is 1. The summed E-state index contributed by atoms with van der Waals surface area (Å²) in [6.45, 7) is 2.40. The van der Waals surface area contributed by atoms with Gasteiger partial charge in [0.05, 0.1) is 0 Å². The standard InChI is InChI=1S/C6H13N3O/c7-3-1-4-9-5-2-6(10)8-9/h1-5,7H2,(H,8,10). The van der Waals surface area contributed by atoms with Crippen LogP contribution in [0.1, 0.15) is 12.8 Å². The number of rotatable bonds is 3. The summed E-state index contributed by atoms with van der Waals surface area (Å²) in [4.78, 5) is 10.6. The lowest BCUT2D eigenvalue weighted by Crippen LogP contribution is -2.34. The maximum Gasteiger partial charge on any atom is 0.235 e. The number of nitrogens with two attached hydrogens (primary N) is 1. The predicted molar refractivity (Wildman–Crippen MR) is 38.0 cm³/mol. The van der Waals surface area contributed by atoms with Crippen LogP contribution in [0.2, 0.25) is 0 Å². The van der Waals surface area contributed by atoms with E-state index in [-0.39, 0.29) is 5.91 Å². The molecule has 0 saturated carbocycles. The first-order valence-electron chi connectivity index (χ1n) is 3.57. The molecule has 0 spiro atoms. The van der Waals surface area contributed by atoms with E-state index in [9.17, 15) is 4.79 Å². The van der Waals surface area contributed by atoms with Crippen molar-refractivity contribution in [2.75, 3.05) is 19.6 Å². The number of hydrogen-bond acceptors (Lipinski definition) is 3. The fourth-order valence-electron chi connectivity index (χ4n) is 0.975. The van der Waals surface area contributed by atoms with Crippen molar-refractivity contribution in [1.82, 2.24) is 10.4 Å². The molecule has 1 amide bonds. The summed E-state index contributed by atoms with van der Waals surface area (Å²) in [6.07, 6.45) is 1.57. The first-order valence-corrected chi connectivity index (χ1v) is 3.57. The second kappa shape index (κ2) is 3.53. The van der Waals surface area contributed by atoms with Crippen molar-refractivity contribution in [2.24, 2.45) is 5.73 Å². The van der Waals surface area contributed by atoms with E-state index in [1.807, 2.05) is 5.01 Å². The van der Waals surface area contributed by atoms with Crippen LogP contribution in [0.25, 0.3) is 0 Å². The second-order valence-electron chi connectivity index (χ2n) is 2.41. The zero-order valence-corrected chi connectivity index (χ0v) is 5.97. The van der Waals surface area contributed by atoms with E-state index in [2.05, 4.69) is 5.43 Å². The van der Waals surface area contributed by atoms with E-state index in [0.29, 0.717) is 13.0 Å². The lowest BCUT2D eigenvalue weighted by atomic mass is 10.4. The molecule has 1 heterocycles. The molecule has 10 heavy (non-hydrogen) atoms. The van der Waals surface area contributed by atoms with E-state index >= 15 is 0 Å². The summed E-state index contributed by atoms with van der Waals surface area (Å²) < 4.78 is 0. The number of amides is 1. The van der Waals surface area contributed by atoms with Gasteiger partial charge in [0.25, 0.3) is 0 Å². The maximum atomic E-state index is 10.6. The average Bonchev–Trinajstić information content (AvgIpc) is 2.31. The Morgan fingerprint density at radius 2 is 2.50 bits per heavy atom. The molecular formula is C6H13N3O. The molecule has 0 aromatic rings. The summed E-state index contributed by atoms with van der Waals surface area (Å²) in [7, 11) is 0. The predicted octanol–water partition coefficient (Wildman–Crippen LogP) is -0.928. The Kier molecular flexibility index (Phi) is 2.65. The van der Waals surface area contributed by atoms with Gasteiger partial charge in [0.1, 0.15) is 0 Å². The van der Waals surface area contributed by atoms with Gasteiger partial charge in [-0.15, -0.1) is 0 Å². The number of hydrazine groups is 1. The summed E-state index contributed by atoms with van der Waals surface area (Å²) in [5, 5.41) is 1.91. The molecule has 0 unspecified atom stereocenters. The van der Waals surface area contributed by atoms with Crippen molar-refractivity contribution < 1.29 is 4.79 Å². The highest BCUT2D eigenvalue weighted by molar-refractivity contribution is 5.77. The van der Waals surface area contributed by atoms with E-state index < -0.39 is 0 Å². The molecular weight excluding hydrogens is 130 g/mol. The summed E-state index contributed by atoms with van der Waals surface area (Å²) in [6, 6.07) is 0. The lowest BCUT2D eigenvalue weighted by Gasteiger charge is -2.12. The third-order valence-electron chi connectivity index (χ3n) is 1.52. The molecule has 1 saturated heterocycles. The largest absolute Gasteiger partial charge is 0.330 e. The molecule has 0 atom stereocenters. The van der Waals surface area contributed by atoms with Gasteiger partial charge in [0.15, 0.2) is 0 Å². The van der Waals surface area contributed by atoms with E-state index in [0.717, 1.165) is 19.5 Å². The zero-order valence-electron chi connectivity index (χ0n) is 5.97. The van der Waals surface area contributed by atoms with E-state index in [1.54, 1.807) is 0 Å². The van der Waals surface area contributed by atoms with Gasteiger partial charge in [-0.05, 0) is 13.0 Å². The SMILES string of the molecule is NCCCN1CCC(=O)N1.